The van der Waals surface area contributed by atoms with Crippen LogP contribution in [0.2, 0.25) is 0 Å². The van der Waals surface area contributed by atoms with Crippen LogP contribution >= 0.6 is 12.1 Å². The van der Waals surface area contributed by atoms with E-state index in [2.05, 4.69) is 47.8 Å². The predicted molar refractivity (Wildman–Crippen MR) is 185 cm³/mol. The molecule has 236 valence electrons. The highest BCUT2D eigenvalue weighted by molar-refractivity contribution is 7.98. The number of aromatic nitrogens is 6. The molecule has 0 bridgehead atoms. The van der Waals surface area contributed by atoms with Crippen molar-refractivity contribution in [3.8, 4) is 17.5 Å². The fourth-order valence-corrected chi connectivity index (χ4v) is 6.74. The maximum absolute atomic E-state index is 14.8. The van der Waals surface area contributed by atoms with Gasteiger partial charge in [0.1, 0.15) is 5.56 Å². The summed E-state index contributed by atoms with van der Waals surface area (Å²) >= 11 is 1.20. The summed E-state index contributed by atoms with van der Waals surface area (Å²) in [4.78, 5) is 33.4. The molecule has 0 saturated carbocycles. The van der Waals surface area contributed by atoms with Gasteiger partial charge in [0.2, 0.25) is 0 Å². The van der Waals surface area contributed by atoms with Crippen LogP contribution < -0.4 is 20.3 Å². The quantitative estimate of drug-likeness (QED) is 0.169. The SMILES string of the molecule is CNSNc1nn2cccnc2c1C(=O)N[C@H](C)c1c2c3c(ccc(C#Cc4cnn(C)c4)c3c(=O)n1-c1ccccc1)CCCC2. The number of pyridine rings is 1. The van der Waals surface area contributed by atoms with Crippen LogP contribution in [-0.4, -0.2) is 41.9 Å². The lowest BCUT2D eigenvalue weighted by Crippen LogP contribution is -2.34. The molecule has 0 fully saturated rings. The Bertz CT molecular complexity index is 2260. The van der Waals surface area contributed by atoms with Crippen molar-refractivity contribution < 1.29 is 4.79 Å². The Hall–Kier alpha value is -5.38. The normalized spacial score (nSPS) is 13.2. The van der Waals surface area contributed by atoms with E-state index in [1.807, 2.05) is 56.6 Å². The third-order valence-electron chi connectivity index (χ3n) is 8.37. The molecule has 7 rings (SSSR count). The van der Waals surface area contributed by atoms with Crippen molar-refractivity contribution >= 4 is 40.3 Å². The topological polar surface area (TPSA) is 123 Å². The van der Waals surface area contributed by atoms with Gasteiger partial charge in [-0.3, -0.25) is 23.6 Å². The first-order valence-corrected chi connectivity index (χ1v) is 16.3. The molecule has 0 aliphatic heterocycles. The molecule has 1 atom stereocenters. The van der Waals surface area contributed by atoms with E-state index in [1.54, 1.807) is 45.5 Å². The van der Waals surface area contributed by atoms with Crippen molar-refractivity contribution in [2.75, 3.05) is 11.8 Å². The van der Waals surface area contributed by atoms with Gasteiger partial charge in [-0.25, -0.2) is 14.2 Å². The maximum atomic E-state index is 14.8. The summed E-state index contributed by atoms with van der Waals surface area (Å²) in [5.74, 6) is 6.51. The standard InChI is InChI=1S/C35H33N9O2S/c1-22(39-34(45)30-32(41-47-36-2)40-43-19-9-18-37-33(30)43)31-27-13-8-7-10-24-16-17-25(15-14-23-20-38-42(3)21-23)29(28(24)27)35(46)44(31)26-11-5-4-6-12-26/h4-6,9,11-12,16-22,36H,7-8,10,13H2,1-3H3,(H,39,45)(H,40,41)/t22-/m1/s1. The number of para-hydroxylation sites is 1. The van der Waals surface area contributed by atoms with Crippen LogP contribution in [0.5, 0.6) is 0 Å². The number of carbonyl (C=O) groups excluding carboxylic acids is 1. The minimum absolute atomic E-state index is 0.171. The smallest absolute Gasteiger partial charge is 0.264 e. The van der Waals surface area contributed by atoms with E-state index in [9.17, 15) is 9.59 Å². The molecular formula is C35H33N9O2S. The number of hydrogen-bond acceptors (Lipinski definition) is 8. The molecule has 0 saturated heterocycles. The first-order chi connectivity index (χ1) is 22.9. The number of anilines is 1. The number of nitrogens with one attached hydrogen (secondary N) is 3. The lowest BCUT2D eigenvalue weighted by atomic mass is 9.92. The van der Waals surface area contributed by atoms with Crippen molar-refractivity contribution in [3.63, 3.8) is 0 Å². The van der Waals surface area contributed by atoms with Gasteiger partial charge in [0.25, 0.3) is 11.5 Å². The first-order valence-electron chi connectivity index (χ1n) is 15.5. The fourth-order valence-electron chi connectivity index (χ4n) is 6.40. The molecule has 4 aromatic heterocycles. The Morgan fingerprint density at radius 3 is 2.66 bits per heavy atom. The Balaban J connectivity index is 1.43. The lowest BCUT2D eigenvalue weighted by Gasteiger charge is -2.25. The second-order valence-corrected chi connectivity index (χ2v) is 12.3. The van der Waals surface area contributed by atoms with Gasteiger partial charge in [0.15, 0.2) is 11.5 Å². The van der Waals surface area contributed by atoms with E-state index in [0.717, 1.165) is 59.1 Å². The monoisotopic (exact) mass is 643 g/mol. The summed E-state index contributed by atoms with van der Waals surface area (Å²) in [6, 6.07) is 14.9. The molecule has 6 aromatic rings. The molecule has 3 N–H and O–H groups in total. The van der Waals surface area contributed by atoms with Crippen LogP contribution in [0.1, 0.15) is 64.1 Å². The van der Waals surface area contributed by atoms with E-state index < -0.39 is 6.04 Å². The molecule has 12 heteroatoms. The Kier molecular flexibility index (Phi) is 8.24. The van der Waals surface area contributed by atoms with Crippen LogP contribution in [0, 0.1) is 11.8 Å². The van der Waals surface area contributed by atoms with Gasteiger partial charge in [-0.05, 0) is 80.4 Å². The van der Waals surface area contributed by atoms with Gasteiger partial charge < -0.3 is 5.32 Å². The largest absolute Gasteiger partial charge is 0.344 e. The second-order valence-electron chi connectivity index (χ2n) is 11.4. The Morgan fingerprint density at radius 2 is 1.87 bits per heavy atom. The molecule has 47 heavy (non-hydrogen) atoms. The summed E-state index contributed by atoms with van der Waals surface area (Å²) < 4.78 is 11.1. The van der Waals surface area contributed by atoms with Crippen molar-refractivity contribution in [1.82, 2.24) is 39.0 Å². The Morgan fingerprint density at radius 1 is 1.04 bits per heavy atom. The van der Waals surface area contributed by atoms with Crippen molar-refractivity contribution in [1.29, 1.82) is 0 Å². The molecule has 4 heterocycles. The zero-order valence-electron chi connectivity index (χ0n) is 26.2. The van der Waals surface area contributed by atoms with Gasteiger partial charge >= 0.3 is 0 Å². The highest BCUT2D eigenvalue weighted by atomic mass is 32.2. The first kappa shape index (κ1) is 30.3. The number of benzene rings is 2. The van der Waals surface area contributed by atoms with Gasteiger partial charge in [0.05, 0.1) is 28.9 Å². The van der Waals surface area contributed by atoms with Crippen LogP contribution in [0.15, 0.2) is 78.1 Å². The van der Waals surface area contributed by atoms with Crippen LogP contribution in [-0.2, 0) is 19.9 Å². The van der Waals surface area contributed by atoms with Crippen molar-refractivity contribution in [2.45, 2.75) is 38.6 Å². The molecule has 11 nitrogen and oxygen atoms in total. The van der Waals surface area contributed by atoms with Gasteiger partial charge in [-0.2, -0.15) is 5.10 Å². The van der Waals surface area contributed by atoms with Crippen LogP contribution in [0.4, 0.5) is 5.82 Å². The van der Waals surface area contributed by atoms with Crippen molar-refractivity contribution in [2.24, 2.45) is 7.05 Å². The summed E-state index contributed by atoms with van der Waals surface area (Å²) in [7, 11) is 3.62. The van der Waals surface area contributed by atoms with Gasteiger partial charge in [-0.15, -0.1) is 5.10 Å². The van der Waals surface area contributed by atoms with Gasteiger partial charge in [-0.1, -0.05) is 36.1 Å². The van der Waals surface area contributed by atoms with E-state index in [0.29, 0.717) is 28.0 Å². The molecule has 0 radical (unpaired) electrons. The number of fused-ring (bicyclic) bond motifs is 1. The zero-order valence-corrected chi connectivity index (χ0v) is 27.1. The third-order valence-corrected chi connectivity index (χ3v) is 8.87. The number of hydrogen-bond donors (Lipinski definition) is 3. The summed E-state index contributed by atoms with van der Waals surface area (Å²) in [6.45, 7) is 1.93. The lowest BCUT2D eigenvalue weighted by molar-refractivity contribution is 0.0941. The molecule has 1 amide bonds. The summed E-state index contributed by atoms with van der Waals surface area (Å²) in [5, 5.41) is 13.5. The number of amides is 1. The molecule has 2 aromatic carbocycles. The maximum Gasteiger partial charge on any atom is 0.264 e. The summed E-state index contributed by atoms with van der Waals surface area (Å²) in [5.41, 5.74) is 5.66. The zero-order chi connectivity index (χ0) is 32.5. The number of carbonyl (C=O) groups is 1. The third kappa shape index (κ3) is 5.64. The Labute approximate surface area is 275 Å². The van der Waals surface area contributed by atoms with Crippen LogP contribution in [0.25, 0.3) is 22.1 Å². The average molecular weight is 644 g/mol. The number of rotatable bonds is 7. The minimum atomic E-state index is -0.547. The fraction of sp³-hybridized carbons (Fsp3) is 0.229. The average Bonchev–Trinajstić information content (AvgIpc) is 3.61. The van der Waals surface area contributed by atoms with Crippen LogP contribution in [0.3, 0.4) is 0 Å². The molecule has 1 aliphatic carbocycles. The van der Waals surface area contributed by atoms with E-state index in [1.165, 1.54) is 12.1 Å². The van der Waals surface area contributed by atoms with Gasteiger partial charge in [0, 0.05) is 49.0 Å². The highest BCUT2D eigenvalue weighted by Gasteiger charge is 2.29. The predicted octanol–water partition coefficient (Wildman–Crippen LogP) is 4.73. The number of aryl methyl sites for hydroxylation is 3. The van der Waals surface area contributed by atoms with E-state index >= 15 is 0 Å². The minimum Gasteiger partial charge on any atom is -0.344 e. The molecular weight excluding hydrogens is 611 g/mol. The molecule has 0 spiro atoms. The van der Waals surface area contributed by atoms with E-state index in [4.69, 9.17) is 0 Å². The van der Waals surface area contributed by atoms with E-state index in [-0.39, 0.29) is 11.5 Å². The molecule has 1 aliphatic rings. The molecule has 0 unspecified atom stereocenters. The number of nitrogens with zero attached hydrogens (tertiary/aromatic N) is 6. The summed E-state index contributed by atoms with van der Waals surface area (Å²) in [6.07, 6.45) is 10.5. The second kappa shape index (κ2) is 12.8. The van der Waals surface area contributed by atoms with Crippen molar-refractivity contribution in [3.05, 3.63) is 117 Å². The highest BCUT2D eigenvalue weighted by Crippen LogP contribution is 2.35.